The number of aromatic nitrogens is 1. The van der Waals surface area contributed by atoms with Crippen LogP contribution in [0.1, 0.15) is 12.5 Å². The molecule has 0 spiro atoms. The van der Waals surface area contributed by atoms with Gasteiger partial charge in [0.1, 0.15) is 0 Å². The van der Waals surface area contributed by atoms with Gasteiger partial charge in [0.05, 0.1) is 6.61 Å². The molecule has 5 nitrogen and oxygen atoms in total. The number of primary amides is 1. The van der Waals surface area contributed by atoms with Crippen LogP contribution in [0.15, 0.2) is 24.5 Å². The third-order valence-corrected chi connectivity index (χ3v) is 1.67. The Morgan fingerprint density at radius 1 is 1.60 bits per heavy atom. The third kappa shape index (κ3) is 4.05. The number of nitrogens with two attached hydrogens (primary N) is 1. The average molecular weight is 210 g/mol. The fraction of sp³-hybridized carbons (Fsp3) is 0.400. The first-order valence-corrected chi connectivity index (χ1v) is 4.65. The zero-order valence-corrected chi connectivity index (χ0v) is 8.55. The maximum atomic E-state index is 10.9. The number of carbonyl (C=O) groups excluding carboxylic acids is 1. The summed E-state index contributed by atoms with van der Waals surface area (Å²) in [5, 5.41) is 0. The number of hydrogen-bond acceptors (Lipinski definition) is 4. The topological polar surface area (TPSA) is 74.4 Å². The van der Waals surface area contributed by atoms with E-state index in [1.54, 1.807) is 25.4 Å². The normalized spacial score (nSPS) is 12.3. The summed E-state index contributed by atoms with van der Waals surface area (Å²) in [5.41, 5.74) is 5.95. The Kier molecular flexibility index (Phi) is 4.73. The van der Waals surface area contributed by atoms with E-state index in [9.17, 15) is 4.79 Å². The molecule has 1 rings (SSSR count). The molecule has 1 amide bonds. The van der Waals surface area contributed by atoms with Crippen molar-refractivity contribution in [2.75, 3.05) is 6.61 Å². The van der Waals surface area contributed by atoms with Crippen molar-refractivity contribution in [1.82, 2.24) is 4.98 Å². The fourth-order valence-electron chi connectivity index (χ4n) is 1.02. The van der Waals surface area contributed by atoms with Crippen LogP contribution in [0.4, 0.5) is 0 Å². The Hall–Kier alpha value is -1.46. The summed E-state index contributed by atoms with van der Waals surface area (Å²) in [7, 11) is 0. The van der Waals surface area contributed by atoms with Crippen molar-refractivity contribution in [2.45, 2.75) is 19.8 Å². The number of pyridine rings is 1. The van der Waals surface area contributed by atoms with Crippen LogP contribution in [0.2, 0.25) is 0 Å². The molecular weight excluding hydrogens is 196 g/mol. The van der Waals surface area contributed by atoms with E-state index in [-0.39, 0.29) is 6.61 Å². The maximum absolute atomic E-state index is 10.9. The first-order chi connectivity index (χ1) is 7.24. The predicted molar refractivity (Wildman–Crippen MR) is 53.6 cm³/mol. The Morgan fingerprint density at radius 2 is 2.40 bits per heavy atom. The second-order valence-electron chi connectivity index (χ2n) is 2.86. The number of amides is 1. The molecule has 0 saturated heterocycles. The maximum Gasteiger partial charge on any atom is 0.274 e. The van der Waals surface area contributed by atoms with Crippen LogP contribution in [0, 0.1) is 0 Å². The van der Waals surface area contributed by atoms with Gasteiger partial charge in [-0.3, -0.25) is 9.78 Å². The first-order valence-electron chi connectivity index (χ1n) is 4.65. The summed E-state index contributed by atoms with van der Waals surface area (Å²) in [6, 6.07) is 3.63. The molecule has 0 bridgehead atoms. The van der Waals surface area contributed by atoms with Crippen LogP contribution in [0.3, 0.4) is 0 Å². The number of ether oxygens (including phenoxy) is 2. The van der Waals surface area contributed by atoms with Crippen LogP contribution < -0.4 is 5.73 Å². The Balaban J connectivity index is 2.43. The van der Waals surface area contributed by atoms with Gasteiger partial charge >= 0.3 is 0 Å². The predicted octanol–water partition coefficient (Wildman–Crippen LogP) is 0.446. The van der Waals surface area contributed by atoms with Crippen molar-refractivity contribution >= 4 is 5.91 Å². The van der Waals surface area contributed by atoms with Crippen molar-refractivity contribution in [2.24, 2.45) is 5.73 Å². The number of carbonyl (C=O) groups is 1. The standard InChI is InChI=1S/C10H14N2O3/c1-2-14-10(9(11)13)15-7-8-4-3-5-12-6-8/h3-6,10H,2,7H2,1H3,(H2,11,13). The summed E-state index contributed by atoms with van der Waals surface area (Å²) in [4.78, 5) is 14.8. The lowest BCUT2D eigenvalue weighted by Gasteiger charge is -2.13. The van der Waals surface area contributed by atoms with Gasteiger partial charge in [-0.2, -0.15) is 0 Å². The molecule has 0 aromatic carbocycles. The molecule has 0 fully saturated rings. The molecule has 15 heavy (non-hydrogen) atoms. The molecule has 2 N–H and O–H groups in total. The van der Waals surface area contributed by atoms with Crippen molar-refractivity contribution in [3.05, 3.63) is 30.1 Å². The molecule has 82 valence electrons. The van der Waals surface area contributed by atoms with Gasteiger partial charge in [0.15, 0.2) is 0 Å². The molecule has 1 atom stereocenters. The highest BCUT2D eigenvalue weighted by Gasteiger charge is 2.15. The minimum atomic E-state index is -0.991. The van der Waals surface area contributed by atoms with E-state index in [1.807, 2.05) is 6.07 Å². The van der Waals surface area contributed by atoms with E-state index in [0.29, 0.717) is 6.61 Å². The number of nitrogens with zero attached hydrogens (tertiary/aromatic N) is 1. The SMILES string of the molecule is CCOC(OCc1cccnc1)C(N)=O. The highest BCUT2D eigenvalue weighted by molar-refractivity contribution is 5.77. The summed E-state index contributed by atoms with van der Waals surface area (Å²) in [6.07, 6.45) is 2.33. The molecule has 5 heteroatoms. The van der Waals surface area contributed by atoms with Crippen LogP contribution in [0.25, 0.3) is 0 Å². The highest BCUT2D eigenvalue weighted by Crippen LogP contribution is 2.02. The molecule has 0 radical (unpaired) electrons. The molecule has 0 saturated carbocycles. The smallest absolute Gasteiger partial charge is 0.274 e. The van der Waals surface area contributed by atoms with E-state index < -0.39 is 12.2 Å². The van der Waals surface area contributed by atoms with Gasteiger partial charge in [0.2, 0.25) is 6.29 Å². The van der Waals surface area contributed by atoms with Gasteiger partial charge in [-0.15, -0.1) is 0 Å². The Labute approximate surface area is 88.2 Å². The molecule has 1 aromatic heterocycles. The third-order valence-electron chi connectivity index (χ3n) is 1.67. The second-order valence-corrected chi connectivity index (χ2v) is 2.86. The van der Waals surface area contributed by atoms with E-state index in [1.165, 1.54) is 0 Å². The van der Waals surface area contributed by atoms with E-state index in [0.717, 1.165) is 5.56 Å². The lowest BCUT2D eigenvalue weighted by Crippen LogP contribution is -2.33. The highest BCUT2D eigenvalue weighted by atomic mass is 16.7. The van der Waals surface area contributed by atoms with Crippen molar-refractivity contribution in [3.63, 3.8) is 0 Å². The quantitative estimate of drug-likeness (QED) is 0.691. The minimum Gasteiger partial charge on any atom is -0.365 e. The zero-order valence-electron chi connectivity index (χ0n) is 8.55. The molecule has 1 heterocycles. The van der Waals surface area contributed by atoms with Gasteiger partial charge in [0.25, 0.3) is 5.91 Å². The Bertz CT molecular complexity index is 303. The summed E-state index contributed by atoms with van der Waals surface area (Å²) < 4.78 is 10.2. The second kappa shape index (κ2) is 6.10. The largest absolute Gasteiger partial charge is 0.365 e. The molecule has 0 aliphatic rings. The zero-order chi connectivity index (χ0) is 11.1. The van der Waals surface area contributed by atoms with Crippen LogP contribution in [0.5, 0.6) is 0 Å². The molecule has 1 aromatic rings. The van der Waals surface area contributed by atoms with Gasteiger partial charge in [-0.25, -0.2) is 0 Å². The molecular formula is C10H14N2O3. The van der Waals surface area contributed by atoms with E-state index in [4.69, 9.17) is 15.2 Å². The fourth-order valence-corrected chi connectivity index (χ4v) is 1.02. The first kappa shape index (κ1) is 11.6. The summed E-state index contributed by atoms with van der Waals surface area (Å²) in [5.74, 6) is -0.624. The van der Waals surface area contributed by atoms with Crippen molar-refractivity contribution in [3.8, 4) is 0 Å². The lowest BCUT2D eigenvalue weighted by molar-refractivity contribution is -0.171. The van der Waals surface area contributed by atoms with Gasteiger partial charge < -0.3 is 15.2 Å². The van der Waals surface area contributed by atoms with Gasteiger partial charge in [-0.1, -0.05) is 6.07 Å². The van der Waals surface area contributed by atoms with Crippen LogP contribution >= 0.6 is 0 Å². The molecule has 0 aliphatic heterocycles. The summed E-state index contributed by atoms with van der Waals surface area (Å²) in [6.45, 7) is 2.39. The minimum absolute atomic E-state index is 0.251. The van der Waals surface area contributed by atoms with E-state index in [2.05, 4.69) is 4.98 Å². The van der Waals surface area contributed by atoms with E-state index >= 15 is 0 Å². The van der Waals surface area contributed by atoms with Crippen LogP contribution in [-0.2, 0) is 20.9 Å². The average Bonchev–Trinajstić information content (AvgIpc) is 2.25. The van der Waals surface area contributed by atoms with Gasteiger partial charge in [-0.05, 0) is 18.6 Å². The van der Waals surface area contributed by atoms with Crippen molar-refractivity contribution < 1.29 is 14.3 Å². The molecule has 0 aliphatic carbocycles. The summed E-state index contributed by atoms with van der Waals surface area (Å²) >= 11 is 0. The van der Waals surface area contributed by atoms with Crippen LogP contribution in [-0.4, -0.2) is 23.8 Å². The Morgan fingerprint density at radius 3 is 2.93 bits per heavy atom. The monoisotopic (exact) mass is 210 g/mol. The van der Waals surface area contributed by atoms with Gasteiger partial charge in [0, 0.05) is 19.0 Å². The molecule has 1 unspecified atom stereocenters. The lowest BCUT2D eigenvalue weighted by atomic mass is 10.3. The number of rotatable bonds is 6. The van der Waals surface area contributed by atoms with Crippen molar-refractivity contribution in [1.29, 1.82) is 0 Å². The number of hydrogen-bond donors (Lipinski definition) is 1.